The van der Waals surface area contributed by atoms with Crippen LogP contribution in [0.4, 0.5) is 0 Å². The van der Waals surface area contributed by atoms with Gasteiger partial charge in [-0.2, -0.15) is 0 Å². The second-order valence-electron chi connectivity index (χ2n) is 0.408. The molecule has 0 aromatic carbocycles. The van der Waals surface area contributed by atoms with Crippen molar-refractivity contribution < 1.29 is 27.7 Å². The second-order valence-corrected chi connectivity index (χ2v) is 1.22. The molecule has 54 valence electrons. The van der Waals surface area contributed by atoms with Crippen LogP contribution in [-0.2, 0) is 10.4 Å². The van der Waals surface area contributed by atoms with E-state index < -0.39 is 10.4 Å². The van der Waals surface area contributed by atoms with E-state index in [-0.39, 0.29) is 66.3 Å². The molecule has 0 heterocycles. The van der Waals surface area contributed by atoms with Crippen molar-refractivity contribution >= 4 is 83.1 Å². The van der Waals surface area contributed by atoms with Crippen LogP contribution in [0, 0.1) is 0 Å². The molecule has 0 aliphatic rings. The van der Waals surface area contributed by atoms with Crippen molar-refractivity contribution in [2.75, 3.05) is 0 Å². The van der Waals surface area contributed by atoms with Gasteiger partial charge in [0.05, 0.1) is 0 Å². The fourth-order valence-electron chi connectivity index (χ4n) is 0. The van der Waals surface area contributed by atoms with Gasteiger partial charge in [0.25, 0.3) is 0 Å². The predicted octanol–water partition coefficient (Wildman–Crippen LogP) is -3.42. The topological polar surface area (TPSA) is 135 Å². The van der Waals surface area contributed by atoms with Crippen LogP contribution in [0.5, 0.6) is 0 Å². The Morgan fingerprint density at radius 1 is 1.10 bits per heavy atom. The van der Waals surface area contributed by atoms with Gasteiger partial charge in [-0.25, -0.2) is 11.9 Å². The van der Waals surface area contributed by atoms with Gasteiger partial charge in [0, 0.05) is 10.4 Å². The van der Waals surface area contributed by atoms with Gasteiger partial charge in [-0.15, -0.1) is 0 Å². The molecular formula is H2CaClMgO6S+. The summed E-state index contributed by atoms with van der Waals surface area (Å²) in [4.78, 5) is 0. The number of hydrogen-bond donors (Lipinski definition) is 0. The average Bonchev–Trinajstić information content (AvgIpc) is 1.36. The molecule has 0 aliphatic heterocycles. The Kier molecular flexibility index (Phi) is 51.0. The maximum atomic E-state index is 8.52. The second kappa shape index (κ2) is 17.3. The zero-order valence-electron chi connectivity index (χ0n) is 4.74. The first-order valence-corrected chi connectivity index (χ1v) is 2.46. The van der Waals surface area contributed by atoms with Crippen molar-refractivity contribution in [2.24, 2.45) is 0 Å². The molecule has 6 nitrogen and oxygen atoms in total. The van der Waals surface area contributed by atoms with E-state index in [1.165, 1.54) is 0 Å². The summed E-state index contributed by atoms with van der Waals surface area (Å²) in [5, 5.41) is 0. The summed E-state index contributed by atoms with van der Waals surface area (Å²) in [6.07, 6.45) is 0. The summed E-state index contributed by atoms with van der Waals surface area (Å²) in [6.45, 7) is 0. The number of halogens is 1. The summed E-state index contributed by atoms with van der Waals surface area (Å²) in [6, 6.07) is 0. The SMILES string of the molecule is O.O=S(=O)([O-])[O-].[Ca+2].[Mg+2].[O-]Cl. The molecule has 10 heteroatoms. The van der Waals surface area contributed by atoms with Crippen molar-refractivity contribution in [3.8, 4) is 0 Å². The zero-order valence-corrected chi connectivity index (χ0v) is 9.94. The maximum Gasteiger partial charge on any atom is 2.00 e. The van der Waals surface area contributed by atoms with Gasteiger partial charge in [0.15, 0.2) is 0 Å². The maximum absolute atomic E-state index is 8.52. The number of hydrogen-bond acceptors (Lipinski definition) is 5. The summed E-state index contributed by atoms with van der Waals surface area (Å²) >= 11 is 3.39. The first kappa shape index (κ1) is 29.6. The largest absolute Gasteiger partial charge is 2.00 e. The molecule has 0 saturated heterocycles. The van der Waals surface area contributed by atoms with Crippen LogP contribution in [0.1, 0.15) is 0 Å². The molecule has 2 N–H and O–H groups in total. The minimum atomic E-state index is -5.17. The van der Waals surface area contributed by atoms with E-state index in [0.29, 0.717) is 0 Å². The van der Waals surface area contributed by atoms with E-state index in [9.17, 15) is 0 Å². The van der Waals surface area contributed by atoms with E-state index in [1.54, 1.807) is 0 Å². The van der Waals surface area contributed by atoms with Gasteiger partial charge in [-0.1, -0.05) is 0 Å². The summed E-state index contributed by atoms with van der Waals surface area (Å²) in [5.41, 5.74) is 0. The van der Waals surface area contributed by atoms with Crippen molar-refractivity contribution in [1.82, 2.24) is 0 Å². The Labute approximate surface area is 109 Å². The standard InChI is InChI=1S/Ca.ClO.Mg.H2O4S.H2O/c;1-2;;1-5(2,3)4;/h;;;(H2,1,2,3,4);1H2/q+2;-1;+2;;/p-2. The Morgan fingerprint density at radius 2 is 1.10 bits per heavy atom. The molecule has 0 radical (unpaired) electrons. The molecule has 0 spiro atoms. The van der Waals surface area contributed by atoms with E-state index in [2.05, 4.69) is 11.9 Å². The zero-order chi connectivity index (χ0) is 6.50. The third-order valence-corrected chi connectivity index (χ3v) is 0. The summed E-state index contributed by atoms with van der Waals surface area (Å²) < 4.78 is 41.8. The third kappa shape index (κ3) is 189. The molecule has 0 atom stereocenters. The fourth-order valence-corrected chi connectivity index (χ4v) is 0. The molecule has 0 unspecified atom stereocenters. The van der Waals surface area contributed by atoms with Crippen LogP contribution in [0.2, 0.25) is 0 Å². The molecule has 0 rings (SSSR count). The van der Waals surface area contributed by atoms with Crippen LogP contribution in [0.3, 0.4) is 0 Å². The molecule has 0 fully saturated rings. The molecule has 0 aliphatic carbocycles. The molecule has 10 heavy (non-hydrogen) atoms. The average molecular weight is 230 g/mol. The van der Waals surface area contributed by atoms with E-state index in [1.807, 2.05) is 0 Å². The van der Waals surface area contributed by atoms with Gasteiger partial charge >= 0.3 is 60.8 Å². The smallest absolute Gasteiger partial charge is 0.769 e. The molecule has 0 saturated carbocycles. The minimum absolute atomic E-state index is 0. The Bertz CT molecular complexity index is 101. The quantitative estimate of drug-likeness (QED) is 0.242. The van der Waals surface area contributed by atoms with Crippen molar-refractivity contribution in [3.05, 3.63) is 0 Å². The first-order chi connectivity index (χ1) is 3.00. The van der Waals surface area contributed by atoms with Crippen LogP contribution in [0.25, 0.3) is 0 Å². The summed E-state index contributed by atoms with van der Waals surface area (Å²) in [5.74, 6) is 0. The fraction of sp³-hybridized carbons (Fsp3) is 0. The molecule has 0 amide bonds. The van der Waals surface area contributed by atoms with Gasteiger partial charge in [0.1, 0.15) is 0 Å². The van der Waals surface area contributed by atoms with Gasteiger partial charge < -0.3 is 19.2 Å². The molecule has 0 bridgehead atoms. The van der Waals surface area contributed by atoms with Gasteiger partial charge in [-0.05, 0) is 0 Å². The van der Waals surface area contributed by atoms with Crippen LogP contribution in [0.15, 0.2) is 0 Å². The van der Waals surface area contributed by atoms with Gasteiger partial charge in [0.2, 0.25) is 0 Å². The monoisotopic (exact) mass is 229 g/mol. The van der Waals surface area contributed by atoms with Crippen molar-refractivity contribution in [2.45, 2.75) is 0 Å². The van der Waals surface area contributed by atoms with Crippen molar-refractivity contribution in [3.63, 3.8) is 0 Å². The van der Waals surface area contributed by atoms with Gasteiger partial charge in [-0.3, -0.25) is 8.42 Å². The Balaban J connectivity index is -0.0000000154. The third-order valence-electron chi connectivity index (χ3n) is 0. The normalized spacial score (nSPS) is 6.40. The van der Waals surface area contributed by atoms with Crippen LogP contribution < -0.4 is 4.66 Å². The first-order valence-electron chi connectivity index (χ1n) is 0.821. The Hall–Kier alpha value is 2.11. The molecule has 0 aromatic rings. The van der Waals surface area contributed by atoms with E-state index in [0.717, 1.165) is 0 Å². The van der Waals surface area contributed by atoms with E-state index >= 15 is 0 Å². The number of rotatable bonds is 0. The molecule has 0 aromatic heterocycles. The molecular weight excluding hydrogens is 228 g/mol. The van der Waals surface area contributed by atoms with E-state index in [4.69, 9.17) is 22.2 Å². The van der Waals surface area contributed by atoms with Crippen molar-refractivity contribution in [1.29, 1.82) is 0 Å². The minimum Gasteiger partial charge on any atom is -0.769 e. The van der Waals surface area contributed by atoms with Crippen LogP contribution >= 0.6 is 11.9 Å². The summed E-state index contributed by atoms with van der Waals surface area (Å²) in [7, 11) is -5.17. The Morgan fingerprint density at radius 3 is 1.10 bits per heavy atom. The predicted molar refractivity (Wildman–Crippen MR) is 31.4 cm³/mol. The van der Waals surface area contributed by atoms with Crippen LogP contribution in [-0.4, -0.2) is 83.8 Å².